The van der Waals surface area contributed by atoms with Crippen molar-refractivity contribution in [1.29, 1.82) is 0 Å². The van der Waals surface area contributed by atoms with Crippen LogP contribution in [0.2, 0.25) is 0 Å². The molecular weight excluding hydrogens is 544 g/mol. The number of rotatable bonds is 3. The van der Waals surface area contributed by atoms with Crippen LogP contribution in [0.1, 0.15) is 49.4 Å². The molecule has 6 aromatic carbocycles. The lowest BCUT2D eigenvalue weighted by molar-refractivity contribution is 0.437. The Hall–Kier alpha value is -5.08. The predicted octanol–water partition coefficient (Wildman–Crippen LogP) is 11.9. The number of nitrogens with zero attached hydrogens (tertiary/aromatic N) is 2. The van der Waals surface area contributed by atoms with E-state index in [1.807, 2.05) is 0 Å². The van der Waals surface area contributed by atoms with Gasteiger partial charge < -0.3 is 0 Å². The van der Waals surface area contributed by atoms with E-state index in [1.165, 1.54) is 97.8 Å². The molecule has 2 nitrogen and oxygen atoms in total. The van der Waals surface area contributed by atoms with Crippen molar-refractivity contribution in [3.8, 4) is 22.3 Å². The van der Waals surface area contributed by atoms with Crippen LogP contribution in [0.4, 0.5) is 0 Å². The molecule has 0 N–H and O–H groups in total. The number of aromatic nitrogens is 2. The molecular formula is C43H34N2. The zero-order chi connectivity index (χ0) is 29.9. The van der Waals surface area contributed by atoms with Crippen molar-refractivity contribution < 1.29 is 0 Å². The minimum absolute atomic E-state index is 0.518. The minimum atomic E-state index is 0.518. The Morgan fingerprint density at radius 3 is 1.76 bits per heavy atom. The second-order valence-electron chi connectivity index (χ2n) is 12.8. The summed E-state index contributed by atoms with van der Waals surface area (Å²) in [6, 6.07) is 44.8. The van der Waals surface area contributed by atoms with Crippen LogP contribution >= 0.6 is 0 Å². The zero-order valence-corrected chi connectivity index (χ0v) is 25.6. The first-order valence-electron chi connectivity index (χ1n) is 16.4. The molecule has 0 aliphatic heterocycles. The molecule has 1 aliphatic carbocycles. The van der Waals surface area contributed by atoms with E-state index in [9.17, 15) is 0 Å². The van der Waals surface area contributed by atoms with Gasteiger partial charge in [0, 0.05) is 28.1 Å². The van der Waals surface area contributed by atoms with E-state index in [-0.39, 0.29) is 0 Å². The van der Waals surface area contributed by atoms with Crippen molar-refractivity contribution in [3.63, 3.8) is 0 Å². The first-order chi connectivity index (χ1) is 22.2. The molecule has 45 heavy (non-hydrogen) atoms. The summed E-state index contributed by atoms with van der Waals surface area (Å²) < 4.78 is 0. The van der Waals surface area contributed by atoms with E-state index in [4.69, 9.17) is 9.97 Å². The first kappa shape index (κ1) is 26.3. The minimum Gasteiger partial charge on any atom is -0.251 e. The van der Waals surface area contributed by atoms with Crippen molar-refractivity contribution in [2.45, 2.75) is 44.9 Å². The molecule has 8 aromatic rings. The van der Waals surface area contributed by atoms with Gasteiger partial charge in [-0.25, -0.2) is 0 Å². The lowest BCUT2D eigenvalue weighted by atomic mass is 9.85. The van der Waals surface area contributed by atoms with Gasteiger partial charge in [-0.2, -0.15) is 0 Å². The van der Waals surface area contributed by atoms with Gasteiger partial charge in [-0.05, 0) is 92.5 Å². The van der Waals surface area contributed by atoms with E-state index in [2.05, 4.69) is 128 Å². The summed E-state index contributed by atoms with van der Waals surface area (Å²) in [5.74, 6) is 0.518. The molecule has 1 aliphatic rings. The summed E-state index contributed by atoms with van der Waals surface area (Å²) in [5.41, 5.74) is 9.26. The second-order valence-corrected chi connectivity index (χ2v) is 12.8. The topological polar surface area (TPSA) is 25.8 Å². The fraction of sp³-hybridized carbons (Fsp3) is 0.163. The molecule has 0 spiro atoms. The van der Waals surface area contributed by atoms with Crippen molar-refractivity contribution >= 4 is 54.1 Å². The Labute approximate surface area is 263 Å². The van der Waals surface area contributed by atoms with Gasteiger partial charge in [0.15, 0.2) is 0 Å². The number of fused-ring (bicyclic) bond motifs is 9. The fourth-order valence-corrected chi connectivity index (χ4v) is 7.76. The van der Waals surface area contributed by atoms with E-state index < -0.39 is 0 Å². The second kappa shape index (κ2) is 10.5. The molecule has 0 saturated heterocycles. The smallest absolute Gasteiger partial charge is 0.0974 e. The van der Waals surface area contributed by atoms with Gasteiger partial charge >= 0.3 is 0 Å². The van der Waals surface area contributed by atoms with Crippen LogP contribution in [-0.2, 0) is 0 Å². The quantitative estimate of drug-likeness (QED) is 0.195. The van der Waals surface area contributed by atoms with Gasteiger partial charge in [0.25, 0.3) is 0 Å². The molecule has 1 saturated carbocycles. The van der Waals surface area contributed by atoms with Gasteiger partial charge in [0.05, 0.1) is 11.0 Å². The molecule has 2 aromatic heterocycles. The van der Waals surface area contributed by atoms with Crippen LogP contribution in [-0.4, -0.2) is 9.97 Å². The van der Waals surface area contributed by atoms with E-state index in [0.29, 0.717) is 5.92 Å². The van der Waals surface area contributed by atoms with E-state index in [0.717, 1.165) is 22.1 Å². The Balaban J connectivity index is 1.19. The van der Waals surface area contributed by atoms with Crippen LogP contribution in [0.5, 0.6) is 0 Å². The van der Waals surface area contributed by atoms with Crippen LogP contribution in [0, 0.1) is 6.92 Å². The molecule has 0 bridgehead atoms. The number of benzene rings is 6. The average Bonchev–Trinajstić information content (AvgIpc) is 3.11. The van der Waals surface area contributed by atoms with Crippen LogP contribution in [0.3, 0.4) is 0 Å². The van der Waals surface area contributed by atoms with Crippen molar-refractivity contribution in [2.24, 2.45) is 0 Å². The highest BCUT2D eigenvalue weighted by atomic mass is 14.8. The largest absolute Gasteiger partial charge is 0.251 e. The average molecular weight is 579 g/mol. The van der Waals surface area contributed by atoms with Gasteiger partial charge in [-0.15, -0.1) is 0 Å². The third kappa shape index (κ3) is 4.39. The molecule has 2 heteroatoms. The number of pyridine rings is 2. The normalized spacial score (nSPS) is 14.2. The summed E-state index contributed by atoms with van der Waals surface area (Å²) in [5, 5.41) is 10.2. The molecule has 9 rings (SSSR count). The fourth-order valence-electron chi connectivity index (χ4n) is 7.76. The van der Waals surface area contributed by atoms with E-state index in [1.54, 1.807) is 0 Å². The predicted molar refractivity (Wildman–Crippen MR) is 191 cm³/mol. The number of aryl methyl sites for hydroxylation is 1. The van der Waals surface area contributed by atoms with Crippen molar-refractivity contribution in [1.82, 2.24) is 9.97 Å². The summed E-state index contributed by atoms with van der Waals surface area (Å²) >= 11 is 0. The highest BCUT2D eigenvalue weighted by molar-refractivity contribution is 6.25. The van der Waals surface area contributed by atoms with Crippen molar-refractivity contribution in [3.05, 3.63) is 133 Å². The number of hydrogen-bond acceptors (Lipinski definition) is 2. The monoisotopic (exact) mass is 578 g/mol. The molecule has 0 amide bonds. The number of hydrogen-bond donors (Lipinski definition) is 0. The Morgan fingerprint density at radius 2 is 1.04 bits per heavy atom. The van der Waals surface area contributed by atoms with Crippen LogP contribution in [0.25, 0.3) is 76.4 Å². The molecule has 0 unspecified atom stereocenters. The third-order valence-corrected chi connectivity index (χ3v) is 10.1. The zero-order valence-electron chi connectivity index (χ0n) is 25.6. The molecule has 2 heterocycles. The van der Waals surface area contributed by atoms with Gasteiger partial charge in [0.1, 0.15) is 0 Å². The standard InChI is InChI=1S/C43H34N2/c1-27-15-16-31-21-24-38-39(26-41(30-9-3-2-4-10-30)45-43(38)42(31)44-27)29-19-17-28(18-20-29)32-22-23-37-35-13-6-5-11-33(35)34-12-7-8-14-36(34)40(37)25-32/h5-8,11-26,30H,2-4,9-10H2,1H3. The van der Waals surface area contributed by atoms with Gasteiger partial charge in [0.2, 0.25) is 0 Å². The molecule has 0 atom stereocenters. The summed E-state index contributed by atoms with van der Waals surface area (Å²) in [7, 11) is 0. The van der Waals surface area contributed by atoms with Crippen molar-refractivity contribution in [2.75, 3.05) is 0 Å². The third-order valence-electron chi connectivity index (χ3n) is 10.1. The summed E-state index contributed by atoms with van der Waals surface area (Å²) in [6.07, 6.45) is 6.36. The SMILES string of the molecule is Cc1ccc2ccc3c(-c4ccc(-c5ccc6c7ccccc7c7ccccc7c6c5)cc4)cc(C4CCCCC4)nc3c2n1. The van der Waals surface area contributed by atoms with Crippen LogP contribution < -0.4 is 0 Å². The maximum Gasteiger partial charge on any atom is 0.0974 e. The Morgan fingerprint density at radius 1 is 0.467 bits per heavy atom. The van der Waals surface area contributed by atoms with Gasteiger partial charge in [-0.1, -0.05) is 122 Å². The van der Waals surface area contributed by atoms with Crippen LogP contribution in [0.15, 0.2) is 121 Å². The maximum atomic E-state index is 5.33. The molecule has 0 radical (unpaired) electrons. The molecule has 216 valence electrons. The lowest BCUT2D eigenvalue weighted by Crippen LogP contribution is -2.07. The Kier molecular flexibility index (Phi) is 6.16. The lowest BCUT2D eigenvalue weighted by Gasteiger charge is -2.22. The molecule has 1 fully saturated rings. The summed E-state index contributed by atoms with van der Waals surface area (Å²) in [6.45, 7) is 2.07. The highest BCUT2D eigenvalue weighted by Crippen LogP contribution is 2.40. The highest BCUT2D eigenvalue weighted by Gasteiger charge is 2.20. The maximum absolute atomic E-state index is 5.33. The van der Waals surface area contributed by atoms with Gasteiger partial charge in [-0.3, -0.25) is 9.97 Å². The van der Waals surface area contributed by atoms with E-state index >= 15 is 0 Å². The first-order valence-corrected chi connectivity index (χ1v) is 16.4. The Bertz CT molecular complexity index is 2380. The summed E-state index contributed by atoms with van der Waals surface area (Å²) in [4.78, 5) is 10.3.